The number of alkyl halides is 5. The van der Waals surface area contributed by atoms with Crippen molar-refractivity contribution < 1.29 is 22.0 Å². The van der Waals surface area contributed by atoms with Crippen molar-refractivity contribution in [3.05, 3.63) is 35.4 Å². The summed E-state index contributed by atoms with van der Waals surface area (Å²) in [5.41, 5.74) is 0.0111. The van der Waals surface area contributed by atoms with Crippen molar-refractivity contribution in [2.24, 2.45) is 5.92 Å². The van der Waals surface area contributed by atoms with Gasteiger partial charge in [0.25, 0.3) is 0 Å². The molecular weight excluding hydrogens is 289 g/mol. The molecule has 1 nitrogen and oxygen atoms in total. The van der Waals surface area contributed by atoms with Crippen LogP contribution in [0, 0.1) is 5.92 Å². The van der Waals surface area contributed by atoms with Crippen LogP contribution in [0.2, 0.25) is 0 Å². The van der Waals surface area contributed by atoms with Crippen molar-refractivity contribution in [1.29, 1.82) is 0 Å². The molecule has 1 fully saturated rings. The third-order valence-corrected chi connectivity index (χ3v) is 4.14. The number of benzene rings is 1. The van der Waals surface area contributed by atoms with Crippen LogP contribution in [0.25, 0.3) is 0 Å². The van der Waals surface area contributed by atoms with E-state index in [-0.39, 0.29) is 24.8 Å². The van der Waals surface area contributed by atoms with Crippen molar-refractivity contribution in [3.8, 4) is 0 Å². The van der Waals surface area contributed by atoms with Crippen LogP contribution in [-0.4, -0.2) is 13.0 Å². The number of hydrogen-bond donors (Lipinski definition) is 1. The van der Waals surface area contributed by atoms with E-state index in [1.807, 2.05) is 0 Å². The number of hydrogen-bond acceptors (Lipinski definition) is 1. The molecule has 6 heteroatoms. The highest BCUT2D eigenvalue weighted by atomic mass is 19.4. The second kappa shape index (κ2) is 5.91. The van der Waals surface area contributed by atoms with Crippen LogP contribution in [0.3, 0.4) is 0 Å². The largest absolute Gasteiger partial charge is 0.416 e. The van der Waals surface area contributed by atoms with E-state index in [1.54, 1.807) is 7.05 Å². The summed E-state index contributed by atoms with van der Waals surface area (Å²) in [6, 6.07) is 4.74. The summed E-state index contributed by atoms with van der Waals surface area (Å²) in [6.07, 6.45) is -3.92. The lowest BCUT2D eigenvalue weighted by Gasteiger charge is -2.34. The minimum absolute atomic E-state index is 0.0198. The Bertz CT molecular complexity index is 456. The molecule has 0 heterocycles. The van der Waals surface area contributed by atoms with Gasteiger partial charge >= 0.3 is 6.18 Å². The zero-order valence-corrected chi connectivity index (χ0v) is 11.7. The third-order valence-electron chi connectivity index (χ3n) is 4.14. The third kappa shape index (κ3) is 3.93. The van der Waals surface area contributed by atoms with Crippen LogP contribution in [-0.2, 0) is 6.18 Å². The fourth-order valence-electron chi connectivity index (χ4n) is 2.95. The highest BCUT2D eigenvalue weighted by Gasteiger charge is 2.38. The summed E-state index contributed by atoms with van der Waals surface area (Å²) in [4.78, 5) is 0. The Morgan fingerprint density at radius 1 is 1.10 bits per heavy atom. The van der Waals surface area contributed by atoms with Crippen molar-refractivity contribution >= 4 is 0 Å². The average molecular weight is 307 g/mol. The van der Waals surface area contributed by atoms with Gasteiger partial charge in [-0.2, -0.15) is 13.2 Å². The Balaban J connectivity index is 2.11. The molecule has 0 radical (unpaired) electrons. The van der Waals surface area contributed by atoms with E-state index in [9.17, 15) is 22.0 Å². The standard InChI is InChI=1S/C15H18F5N/c1-21-13(11-6-8-14(16,17)9-7-11)10-2-4-12(5-3-10)15(18,19)20/h2-5,11,13,21H,6-9H2,1H3. The Morgan fingerprint density at radius 3 is 2.05 bits per heavy atom. The van der Waals surface area contributed by atoms with Crippen molar-refractivity contribution in [1.82, 2.24) is 5.32 Å². The van der Waals surface area contributed by atoms with Gasteiger partial charge in [0.15, 0.2) is 0 Å². The second-order valence-corrected chi connectivity index (χ2v) is 5.58. The Morgan fingerprint density at radius 2 is 1.62 bits per heavy atom. The van der Waals surface area contributed by atoms with Gasteiger partial charge < -0.3 is 5.32 Å². The molecule has 0 bridgehead atoms. The lowest BCUT2D eigenvalue weighted by molar-refractivity contribution is -0.137. The Labute approximate surface area is 120 Å². The van der Waals surface area contributed by atoms with E-state index in [4.69, 9.17) is 0 Å². The molecule has 21 heavy (non-hydrogen) atoms. The molecule has 0 amide bonds. The van der Waals surface area contributed by atoms with E-state index >= 15 is 0 Å². The van der Waals surface area contributed by atoms with E-state index < -0.39 is 17.7 Å². The molecular formula is C15H18F5N. The maximum atomic E-state index is 13.2. The number of nitrogens with one attached hydrogen (secondary N) is 1. The molecule has 118 valence electrons. The Hall–Kier alpha value is -1.17. The van der Waals surface area contributed by atoms with Crippen LogP contribution < -0.4 is 5.32 Å². The number of halogens is 5. The monoisotopic (exact) mass is 307 g/mol. The first-order valence-electron chi connectivity index (χ1n) is 6.95. The van der Waals surface area contributed by atoms with E-state index in [0.29, 0.717) is 18.4 Å². The fraction of sp³-hybridized carbons (Fsp3) is 0.600. The minimum Gasteiger partial charge on any atom is -0.313 e. The average Bonchev–Trinajstić information content (AvgIpc) is 2.41. The van der Waals surface area contributed by atoms with Gasteiger partial charge in [-0.05, 0) is 43.5 Å². The Kier molecular flexibility index (Phi) is 4.56. The molecule has 1 atom stereocenters. The highest BCUT2D eigenvalue weighted by Crippen LogP contribution is 2.41. The molecule has 1 aromatic carbocycles. The van der Waals surface area contributed by atoms with E-state index in [1.165, 1.54) is 12.1 Å². The van der Waals surface area contributed by atoms with Crippen LogP contribution in [0.15, 0.2) is 24.3 Å². The summed E-state index contributed by atoms with van der Waals surface area (Å²) < 4.78 is 64.0. The van der Waals surface area contributed by atoms with Gasteiger partial charge in [-0.3, -0.25) is 0 Å². The highest BCUT2D eigenvalue weighted by molar-refractivity contribution is 5.27. The second-order valence-electron chi connectivity index (χ2n) is 5.58. The van der Waals surface area contributed by atoms with E-state index in [0.717, 1.165) is 12.1 Å². The van der Waals surface area contributed by atoms with Gasteiger partial charge in [-0.25, -0.2) is 8.78 Å². The molecule has 1 aliphatic carbocycles. The summed E-state index contributed by atoms with van der Waals surface area (Å²) in [7, 11) is 1.70. The summed E-state index contributed by atoms with van der Waals surface area (Å²) >= 11 is 0. The molecule has 0 saturated heterocycles. The van der Waals surface area contributed by atoms with Gasteiger partial charge in [0.05, 0.1) is 5.56 Å². The van der Waals surface area contributed by atoms with Crippen LogP contribution >= 0.6 is 0 Å². The van der Waals surface area contributed by atoms with Gasteiger partial charge in [-0.1, -0.05) is 12.1 Å². The summed E-state index contributed by atoms with van der Waals surface area (Å²) in [5.74, 6) is -2.58. The summed E-state index contributed by atoms with van der Waals surface area (Å²) in [6.45, 7) is 0. The van der Waals surface area contributed by atoms with Gasteiger partial charge in [0.1, 0.15) is 0 Å². The smallest absolute Gasteiger partial charge is 0.313 e. The van der Waals surface area contributed by atoms with Crippen LogP contribution in [0.5, 0.6) is 0 Å². The van der Waals surface area contributed by atoms with Crippen molar-refractivity contribution in [2.75, 3.05) is 7.05 Å². The molecule has 0 aliphatic heterocycles. The van der Waals surface area contributed by atoms with Gasteiger partial charge in [0, 0.05) is 18.9 Å². The van der Waals surface area contributed by atoms with Crippen molar-refractivity contribution in [3.63, 3.8) is 0 Å². The zero-order chi connectivity index (χ0) is 15.7. The lowest BCUT2D eigenvalue weighted by atomic mass is 9.79. The summed E-state index contributed by atoms with van der Waals surface area (Å²) in [5, 5.41) is 3.05. The molecule has 1 aliphatic rings. The van der Waals surface area contributed by atoms with Gasteiger partial charge in [-0.15, -0.1) is 0 Å². The molecule has 1 N–H and O–H groups in total. The minimum atomic E-state index is -4.36. The predicted molar refractivity (Wildman–Crippen MR) is 70.1 cm³/mol. The van der Waals surface area contributed by atoms with Crippen LogP contribution in [0.1, 0.15) is 42.9 Å². The molecule has 1 saturated carbocycles. The van der Waals surface area contributed by atoms with Crippen LogP contribution in [0.4, 0.5) is 22.0 Å². The zero-order valence-electron chi connectivity index (χ0n) is 11.7. The molecule has 1 unspecified atom stereocenters. The molecule has 1 aromatic rings. The predicted octanol–water partition coefficient (Wildman–Crippen LogP) is 4.79. The van der Waals surface area contributed by atoms with Crippen molar-refractivity contribution in [2.45, 2.75) is 43.8 Å². The first-order valence-corrected chi connectivity index (χ1v) is 6.95. The van der Waals surface area contributed by atoms with Gasteiger partial charge in [0.2, 0.25) is 5.92 Å². The fourth-order valence-corrected chi connectivity index (χ4v) is 2.95. The maximum absolute atomic E-state index is 13.2. The molecule has 0 aromatic heterocycles. The first-order chi connectivity index (χ1) is 9.73. The number of rotatable bonds is 3. The SMILES string of the molecule is CNC(c1ccc(C(F)(F)F)cc1)C1CCC(F)(F)CC1. The first kappa shape index (κ1) is 16.2. The maximum Gasteiger partial charge on any atom is 0.416 e. The topological polar surface area (TPSA) is 12.0 Å². The normalized spacial score (nSPS) is 21.2. The molecule has 0 spiro atoms. The van der Waals surface area contributed by atoms with E-state index in [2.05, 4.69) is 5.32 Å². The lowest BCUT2D eigenvalue weighted by Crippen LogP contribution is -2.32. The molecule has 2 rings (SSSR count). The quantitative estimate of drug-likeness (QED) is 0.792.